The molecular formula is C12H15NO3S2. The summed E-state index contributed by atoms with van der Waals surface area (Å²) in [7, 11) is 0. The molecule has 0 bridgehead atoms. The van der Waals surface area contributed by atoms with E-state index in [0.29, 0.717) is 18.6 Å². The van der Waals surface area contributed by atoms with E-state index in [4.69, 9.17) is 5.11 Å². The van der Waals surface area contributed by atoms with Crippen molar-refractivity contribution in [3.63, 3.8) is 0 Å². The molecule has 2 atom stereocenters. The molecule has 1 saturated heterocycles. The van der Waals surface area contributed by atoms with Crippen LogP contribution in [0.4, 0.5) is 0 Å². The van der Waals surface area contributed by atoms with Gasteiger partial charge in [-0.2, -0.15) is 0 Å². The van der Waals surface area contributed by atoms with Crippen LogP contribution in [-0.4, -0.2) is 39.1 Å². The normalized spacial score (nSPS) is 23.3. The van der Waals surface area contributed by atoms with Crippen molar-refractivity contribution in [3.05, 3.63) is 22.4 Å². The van der Waals surface area contributed by atoms with Gasteiger partial charge in [0.15, 0.2) is 0 Å². The molecule has 6 heteroatoms. The van der Waals surface area contributed by atoms with E-state index in [1.807, 2.05) is 24.4 Å². The lowest BCUT2D eigenvalue weighted by molar-refractivity contribution is -0.148. The van der Waals surface area contributed by atoms with Crippen LogP contribution in [0.25, 0.3) is 0 Å². The molecule has 98 valence electrons. The van der Waals surface area contributed by atoms with Gasteiger partial charge in [-0.05, 0) is 24.8 Å². The van der Waals surface area contributed by atoms with E-state index in [9.17, 15) is 9.59 Å². The molecule has 2 heterocycles. The second kappa shape index (κ2) is 5.75. The minimum absolute atomic E-state index is 0.0399. The summed E-state index contributed by atoms with van der Waals surface area (Å²) >= 11 is 3.14. The molecule has 2 rings (SSSR count). The first-order valence-corrected chi connectivity index (χ1v) is 7.70. The van der Waals surface area contributed by atoms with Crippen LogP contribution in [0.3, 0.4) is 0 Å². The molecule has 0 saturated carbocycles. The summed E-state index contributed by atoms with van der Waals surface area (Å²) in [4.78, 5) is 25.9. The molecule has 1 aromatic rings. The number of aliphatic carboxylic acids is 1. The molecule has 4 nitrogen and oxygen atoms in total. The van der Waals surface area contributed by atoms with Crippen molar-refractivity contribution in [2.45, 2.75) is 31.2 Å². The Hall–Kier alpha value is -1.01. The highest BCUT2D eigenvalue weighted by Gasteiger charge is 2.38. The monoisotopic (exact) mass is 285 g/mol. The first-order chi connectivity index (χ1) is 8.59. The van der Waals surface area contributed by atoms with E-state index >= 15 is 0 Å². The number of hydrogen-bond acceptors (Lipinski definition) is 4. The predicted octanol–water partition coefficient (Wildman–Crippen LogP) is 2.06. The zero-order chi connectivity index (χ0) is 13.1. The Balaban J connectivity index is 1.96. The van der Waals surface area contributed by atoms with E-state index < -0.39 is 12.0 Å². The van der Waals surface area contributed by atoms with Gasteiger partial charge in [-0.15, -0.1) is 23.1 Å². The third kappa shape index (κ3) is 2.87. The number of hydrogen-bond donors (Lipinski definition) is 1. The van der Waals surface area contributed by atoms with Crippen LogP contribution in [0, 0.1) is 0 Å². The summed E-state index contributed by atoms with van der Waals surface area (Å²) in [6.45, 7) is 1.89. The topological polar surface area (TPSA) is 57.6 Å². The van der Waals surface area contributed by atoms with Gasteiger partial charge in [0.1, 0.15) is 6.04 Å². The lowest BCUT2D eigenvalue weighted by Gasteiger charge is -2.24. The SMILES string of the molecule is CC1SCC(C(=O)O)N1C(=O)CCc1cccs1. The van der Waals surface area contributed by atoms with E-state index in [0.717, 1.165) is 4.88 Å². The Morgan fingerprint density at radius 2 is 2.33 bits per heavy atom. The van der Waals surface area contributed by atoms with Gasteiger partial charge in [0.2, 0.25) is 5.91 Å². The maximum atomic E-state index is 12.1. The molecule has 1 aliphatic heterocycles. The minimum atomic E-state index is -0.906. The van der Waals surface area contributed by atoms with Gasteiger partial charge in [0.05, 0.1) is 5.37 Å². The number of nitrogens with zero attached hydrogens (tertiary/aromatic N) is 1. The molecule has 1 amide bonds. The van der Waals surface area contributed by atoms with Gasteiger partial charge in [-0.25, -0.2) is 4.79 Å². The Bertz CT molecular complexity index is 433. The lowest BCUT2D eigenvalue weighted by Crippen LogP contribution is -2.44. The number of thiophene rings is 1. The Kier molecular flexibility index (Phi) is 4.29. The average Bonchev–Trinajstić information content (AvgIpc) is 2.94. The molecular weight excluding hydrogens is 270 g/mol. The maximum Gasteiger partial charge on any atom is 0.327 e. The third-order valence-corrected chi connectivity index (χ3v) is 5.12. The minimum Gasteiger partial charge on any atom is -0.480 e. The van der Waals surface area contributed by atoms with E-state index in [1.165, 1.54) is 16.7 Å². The second-order valence-corrected chi connectivity index (χ2v) is 6.55. The Morgan fingerprint density at radius 3 is 2.94 bits per heavy atom. The number of thioether (sulfide) groups is 1. The number of carbonyl (C=O) groups excluding carboxylic acids is 1. The fourth-order valence-electron chi connectivity index (χ4n) is 2.03. The highest BCUT2D eigenvalue weighted by Crippen LogP contribution is 2.29. The number of aryl methyl sites for hydroxylation is 1. The smallest absolute Gasteiger partial charge is 0.327 e. The van der Waals surface area contributed by atoms with Crippen molar-refractivity contribution in [2.75, 3.05) is 5.75 Å². The van der Waals surface area contributed by atoms with Gasteiger partial charge < -0.3 is 10.0 Å². The summed E-state index contributed by atoms with van der Waals surface area (Å²) in [6.07, 6.45) is 1.08. The highest BCUT2D eigenvalue weighted by molar-refractivity contribution is 8.00. The molecule has 0 radical (unpaired) electrons. The highest BCUT2D eigenvalue weighted by atomic mass is 32.2. The lowest BCUT2D eigenvalue weighted by atomic mass is 10.2. The predicted molar refractivity (Wildman–Crippen MR) is 72.8 cm³/mol. The summed E-state index contributed by atoms with van der Waals surface area (Å²) in [5.74, 6) is -0.481. The number of carboxylic acid groups (broad SMARTS) is 1. The fourth-order valence-corrected chi connectivity index (χ4v) is 3.92. The van der Waals surface area contributed by atoms with Crippen molar-refractivity contribution in [2.24, 2.45) is 0 Å². The van der Waals surface area contributed by atoms with Crippen molar-refractivity contribution in [1.29, 1.82) is 0 Å². The average molecular weight is 285 g/mol. The second-order valence-electron chi connectivity index (χ2n) is 4.17. The van der Waals surface area contributed by atoms with Gasteiger partial charge >= 0.3 is 5.97 Å². The Morgan fingerprint density at radius 1 is 1.56 bits per heavy atom. The van der Waals surface area contributed by atoms with Gasteiger partial charge in [-0.3, -0.25) is 4.79 Å². The summed E-state index contributed by atoms with van der Waals surface area (Å²) in [6, 6.07) is 3.29. The van der Waals surface area contributed by atoms with Gasteiger partial charge in [0, 0.05) is 17.1 Å². The van der Waals surface area contributed by atoms with E-state index in [2.05, 4.69) is 0 Å². The number of carbonyl (C=O) groups is 2. The van der Waals surface area contributed by atoms with Crippen molar-refractivity contribution >= 4 is 35.0 Å². The zero-order valence-electron chi connectivity index (χ0n) is 10.0. The molecule has 18 heavy (non-hydrogen) atoms. The Labute approximate surface area is 114 Å². The van der Waals surface area contributed by atoms with Crippen LogP contribution in [0.15, 0.2) is 17.5 Å². The van der Waals surface area contributed by atoms with Crippen molar-refractivity contribution in [1.82, 2.24) is 4.90 Å². The van der Waals surface area contributed by atoms with Crippen LogP contribution >= 0.6 is 23.1 Å². The molecule has 0 spiro atoms. The third-order valence-electron chi connectivity index (χ3n) is 2.96. The molecule has 1 aliphatic rings. The molecule has 0 aliphatic carbocycles. The molecule has 2 unspecified atom stereocenters. The fraction of sp³-hybridized carbons (Fsp3) is 0.500. The van der Waals surface area contributed by atoms with Gasteiger partial charge in [0.25, 0.3) is 0 Å². The zero-order valence-corrected chi connectivity index (χ0v) is 11.7. The van der Waals surface area contributed by atoms with E-state index in [1.54, 1.807) is 11.3 Å². The summed E-state index contributed by atoms with van der Waals surface area (Å²) in [5, 5.41) is 11.0. The van der Waals surface area contributed by atoms with E-state index in [-0.39, 0.29) is 11.3 Å². The molecule has 0 aromatic carbocycles. The van der Waals surface area contributed by atoms with Crippen LogP contribution in [0.5, 0.6) is 0 Å². The van der Waals surface area contributed by atoms with Crippen molar-refractivity contribution in [3.8, 4) is 0 Å². The number of rotatable bonds is 4. The van der Waals surface area contributed by atoms with Gasteiger partial charge in [-0.1, -0.05) is 6.07 Å². The standard InChI is InChI=1S/C12H15NO3S2/c1-8-13(10(7-18-8)12(15)16)11(14)5-4-9-3-2-6-17-9/h2-3,6,8,10H,4-5,7H2,1H3,(H,15,16). The molecule has 1 aromatic heterocycles. The first-order valence-electron chi connectivity index (χ1n) is 5.77. The molecule has 1 fully saturated rings. The largest absolute Gasteiger partial charge is 0.480 e. The summed E-state index contributed by atoms with van der Waals surface area (Å²) in [5.41, 5.74) is 0. The number of amides is 1. The quantitative estimate of drug-likeness (QED) is 0.920. The number of carboxylic acids is 1. The van der Waals surface area contributed by atoms with Crippen LogP contribution < -0.4 is 0 Å². The van der Waals surface area contributed by atoms with Crippen molar-refractivity contribution < 1.29 is 14.7 Å². The van der Waals surface area contributed by atoms with Crippen LogP contribution in [0.1, 0.15) is 18.2 Å². The van der Waals surface area contributed by atoms with Crippen LogP contribution in [0.2, 0.25) is 0 Å². The molecule has 1 N–H and O–H groups in total. The first kappa shape index (κ1) is 13.4. The van der Waals surface area contributed by atoms with Crippen LogP contribution in [-0.2, 0) is 16.0 Å². The summed E-state index contributed by atoms with van der Waals surface area (Å²) < 4.78 is 0. The maximum absolute atomic E-state index is 12.1.